The van der Waals surface area contributed by atoms with Crippen molar-refractivity contribution in [3.05, 3.63) is 95.4 Å². The van der Waals surface area contributed by atoms with Crippen LogP contribution in [0.25, 0.3) is 11.2 Å². The maximum Gasteiger partial charge on any atom is 0.308 e. The normalized spacial score (nSPS) is 23.1. The summed E-state index contributed by atoms with van der Waals surface area (Å²) in [5.41, 5.74) is 9.36. The molecule has 0 spiro atoms. The van der Waals surface area contributed by atoms with Crippen molar-refractivity contribution >= 4 is 45.9 Å². The molecule has 0 aliphatic heterocycles. The number of H-pyrrole nitrogens is 1. The Morgan fingerprint density at radius 3 is 2.30 bits per heavy atom. The highest BCUT2D eigenvalue weighted by Gasteiger charge is 2.48. The lowest BCUT2D eigenvalue weighted by Crippen LogP contribution is -2.54. The van der Waals surface area contributed by atoms with Crippen LogP contribution in [0.1, 0.15) is 38.2 Å². The standard InChI is InChI=1S/C32H33ClFN7O2/c1-18(41(21-8-4-2-5-9-21)22-10-6-3-7-11-22)26(34)30(39-27-20-14-12-19(13-15-20)25(27)32(42)43)40-29(35)23-16-36-31-28(23)38-24(33)17-37-31/h2-11,16-20,25,27,39H,12-15H2,1H3,(H2,35,40)(H,36,37)(H,42,43)/b30-26+. The summed E-state index contributed by atoms with van der Waals surface area (Å²) in [6.07, 6.45) is 6.49. The molecule has 3 unspecified atom stereocenters. The number of carboxylic acid groups (broad SMARTS) is 1. The van der Waals surface area contributed by atoms with Gasteiger partial charge in [-0.25, -0.2) is 19.4 Å². The van der Waals surface area contributed by atoms with Crippen molar-refractivity contribution in [2.45, 2.75) is 44.7 Å². The number of nitrogens with two attached hydrogens (primary N) is 1. The fraction of sp³-hybridized carbons (Fsp3) is 0.312. The number of para-hydroxylation sites is 2. The maximum atomic E-state index is 17.0. The Kier molecular flexibility index (Phi) is 8.03. The van der Waals surface area contributed by atoms with Crippen molar-refractivity contribution in [3.8, 4) is 0 Å². The molecule has 2 bridgehead atoms. The lowest BCUT2D eigenvalue weighted by molar-refractivity contribution is -0.149. The highest BCUT2D eigenvalue weighted by Crippen LogP contribution is 2.46. The van der Waals surface area contributed by atoms with E-state index in [-0.39, 0.29) is 28.6 Å². The minimum Gasteiger partial charge on any atom is -0.481 e. The molecule has 3 saturated carbocycles. The minimum absolute atomic E-state index is 0.00789. The number of nitrogens with one attached hydrogen (secondary N) is 2. The van der Waals surface area contributed by atoms with Gasteiger partial charge in [-0.2, -0.15) is 0 Å². The van der Waals surface area contributed by atoms with Crippen LogP contribution in [0, 0.1) is 17.8 Å². The quantitative estimate of drug-likeness (QED) is 0.133. The first-order valence-corrected chi connectivity index (χ1v) is 14.8. The maximum absolute atomic E-state index is 17.0. The largest absolute Gasteiger partial charge is 0.481 e. The second-order valence-electron chi connectivity index (χ2n) is 11.2. The topological polar surface area (TPSA) is 133 Å². The average Bonchev–Trinajstić information content (AvgIpc) is 3.45. The van der Waals surface area contributed by atoms with Crippen LogP contribution < -0.4 is 16.0 Å². The number of hydrogen-bond acceptors (Lipinski definition) is 6. The number of carbonyl (C=O) groups is 1. The number of carboxylic acids is 1. The van der Waals surface area contributed by atoms with Gasteiger partial charge in [0.1, 0.15) is 16.5 Å². The Balaban J connectivity index is 1.47. The monoisotopic (exact) mass is 601 g/mol. The van der Waals surface area contributed by atoms with Gasteiger partial charge >= 0.3 is 5.97 Å². The van der Waals surface area contributed by atoms with Crippen LogP contribution >= 0.6 is 11.6 Å². The zero-order valence-corrected chi connectivity index (χ0v) is 24.4. The third-order valence-corrected chi connectivity index (χ3v) is 8.90. The van der Waals surface area contributed by atoms with Crippen molar-refractivity contribution in [2.24, 2.45) is 28.5 Å². The summed E-state index contributed by atoms with van der Waals surface area (Å²) in [5, 5.41) is 13.6. The fourth-order valence-electron chi connectivity index (χ4n) is 6.66. The van der Waals surface area contributed by atoms with E-state index >= 15 is 4.39 Å². The number of rotatable bonds is 9. The number of hydrogen-bond donors (Lipinski definition) is 4. The lowest BCUT2D eigenvalue weighted by atomic mass is 9.61. The van der Waals surface area contributed by atoms with E-state index in [1.54, 1.807) is 13.1 Å². The molecule has 5 N–H and O–H groups in total. The van der Waals surface area contributed by atoms with Gasteiger partial charge in [0.05, 0.1) is 23.7 Å². The third-order valence-electron chi connectivity index (χ3n) is 8.72. The number of aromatic amines is 1. The molecule has 43 heavy (non-hydrogen) atoms. The number of amidine groups is 1. The van der Waals surface area contributed by atoms with Crippen molar-refractivity contribution < 1.29 is 14.3 Å². The summed E-state index contributed by atoms with van der Waals surface area (Å²) in [6, 6.07) is 17.7. The summed E-state index contributed by atoms with van der Waals surface area (Å²) >= 11 is 6.10. The van der Waals surface area contributed by atoms with E-state index in [4.69, 9.17) is 17.3 Å². The first kappa shape index (κ1) is 28.7. The number of benzene rings is 2. The first-order chi connectivity index (χ1) is 20.8. The highest BCUT2D eigenvalue weighted by atomic mass is 35.5. The van der Waals surface area contributed by atoms with Crippen LogP contribution in [0.15, 0.2) is 89.7 Å². The molecule has 2 aromatic carbocycles. The zero-order valence-electron chi connectivity index (χ0n) is 23.6. The number of aromatic nitrogens is 3. The smallest absolute Gasteiger partial charge is 0.308 e. The zero-order chi connectivity index (χ0) is 30.1. The summed E-state index contributed by atoms with van der Waals surface area (Å²) in [7, 11) is 0. The number of halogens is 2. The molecule has 0 amide bonds. The summed E-state index contributed by atoms with van der Waals surface area (Å²) in [4.78, 5) is 30.5. The van der Waals surface area contributed by atoms with Crippen LogP contribution in [-0.2, 0) is 4.79 Å². The van der Waals surface area contributed by atoms with Crippen LogP contribution in [0.4, 0.5) is 15.8 Å². The molecule has 3 fully saturated rings. The van der Waals surface area contributed by atoms with E-state index < -0.39 is 29.8 Å². The number of fused-ring (bicyclic) bond motifs is 4. The Labute approximate surface area is 253 Å². The van der Waals surface area contributed by atoms with Gasteiger partial charge in [-0.1, -0.05) is 48.0 Å². The van der Waals surface area contributed by atoms with E-state index in [2.05, 4.69) is 25.3 Å². The molecule has 2 aromatic heterocycles. The van der Waals surface area contributed by atoms with E-state index in [0.29, 0.717) is 16.7 Å². The van der Waals surface area contributed by atoms with Gasteiger partial charge in [0.15, 0.2) is 17.3 Å². The number of aliphatic imine (C=N–C) groups is 1. The van der Waals surface area contributed by atoms with Gasteiger partial charge in [-0.3, -0.25) is 4.79 Å². The van der Waals surface area contributed by atoms with Gasteiger partial charge < -0.3 is 26.0 Å². The molecule has 11 heteroatoms. The summed E-state index contributed by atoms with van der Waals surface area (Å²) < 4.78 is 17.0. The number of anilines is 2. The molecule has 3 aliphatic rings. The molecule has 9 nitrogen and oxygen atoms in total. The molecule has 222 valence electrons. The molecule has 7 rings (SSSR count). The highest BCUT2D eigenvalue weighted by molar-refractivity contribution is 6.29. The predicted molar refractivity (Wildman–Crippen MR) is 166 cm³/mol. The fourth-order valence-corrected chi connectivity index (χ4v) is 6.79. The van der Waals surface area contributed by atoms with Gasteiger partial charge in [0.2, 0.25) is 0 Å². The lowest BCUT2D eigenvalue weighted by Gasteiger charge is -2.47. The SMILES string of the molecule is CC(/C(F)=C(\N=C(N)c1c[nH]c2ncc(Cl)nc12)NC1C2CCC(CC2)C1C(=O)O)N(c1ccccc1)c1ccccc1. The van der Waals surface area contributed by atoms with Crippen molar-refractivity contribution in [1.82, 2.24) is 20.3 Å². The van der Waals surface area contributed by atoms with Crippen LogP contribution in [0.5, 0.6) is 0 Å². The second kappa shape index (κ2) is 12.0. The van der Waals surface area contributed by atoms with Crippen molar-refractivity contribution in [3.63, 3.8) is 0 Å². The van der Waals surface area contributed by atoms with E-state index in [1.165, 1.54) is 6.20 Å². The van der Waals surface area contributed by atoms with E-state index in [0.717, 1.165) is 37.1 Å². The Morgan fingerprint density at radius 1 is 1.09 bits per heavy atom. The third kappa shape index (κ3) is 5.67. The van der Waals surface area contributed by atoms with E-state index in [1.807, 2.05) is 65.6 Å². The summed E-state index contributed by atoms with van der Waals surface area (Å²) in [5.74, 6) is -2.11. The Hall–Kier alpha value is -4.44. The molecule has 3 atom stereocenters. The Morgan fingerprint density at radius 2 is 1.70 bits per heavy atom. The first-order valence-electron chi connectivity index (χ1n) is 14.4. The van der Waals surface area contributed by atoms with Gasteiger partial charge in [0.25, 0.3) is 0 Å². The van der Waals surface area contributed by atoms with Gasteiger partial charge in [-0.15, -0.1) is 0 Å². The number of nitrogens with zero attached hydrogens (tertiary/aromatic N) is 4. The van der Waals surface area contributed by atoms with Gasteiger partial charge in [0, 0.05) is 23.6 Å². The van der Waals surface area contributed by atoms with Crippen molar-refractivity contribution in [1.29, 1.82) is 0 Å². The van der Waals surface area contributed by atoms with E-state index in [9.17, 15) is 9.90 Å². The Bertz CT molecular complexity index is 1630. The molecule has 2 heterocycles. The minimum atomic E-state index is -0.881. The average molecular weight is 602 g/mol. The predicted octanol–water partition coefficient (Wildman–Crippen LogP) is 6.16. The van der Waals surface area contributed by atoms with Crippen molar-refractivity contribution in [2.75, 3.05) is 4.90 Å². The molecule has 3 aliphatic carbocycles. The van der Waals surface area contributed by atoms with Crippen LogP contribution in [-0.4, -0.2) is 43.9 Å². The molecular formula is C32H33ClFN7O2. The molecular weight excluding hydrogens is 569 g/mol. The van der Waals surface area contributed by atoms with Crippen LogP contribution in [0.2, 0.25) is 5.15 Å². The molecule has 4 aromatic rings. The summed E-state index contributed by atoms with van der Waals surface area (Å²) in [6.45, 7) is 1.75. The second-order valence-corrected chi connectivity index (χ2v) is 11.6. The number of aliphatic carboxylic acids is 1. The van der Waals surface area contributed by atoms with Crippen LogP contribution in [0.3, 0.4) is 0 Å². The molecule has 0 saturated heterocycles. The van der Waals surface area contributed by atoms with Gasteiger partial charge in [-0.05, 0) is 68.7 Å². The molecule has 0 radical (unpaired) electrons.